The Hall–Kier alpha value is -1.55. The van der Waals surface area contributed by atoms with Gasteiger partial charge in [-0.05, 0) is 57.2 Å². The maximum absolute atomic E-state index is 13.3. The number of H-pyrrole nitrogens is 1. The summed E-state index contributed by atoms with van der Waals surface area (Å²) >= 11 is 0. The predicted octanol–water partition coefficient (Wildman–Crippen LogP) is 4.38. The molecule has 3 nitrogen and oxygen atoms in total. The second-order valence-corrected chi connectivity index (χ2v) is 5.00. The topological polar surface area (TPSA) is 37.9 Å². The summed E-state index contributed by atoms with van der Waals surface area (Å²) in [5.41, 5.74) is 3.57. The Morgan fingerprint density at radius 1 is 1.14 bits per heavy atom. The van der Waals surface area contributed by atoms with Gasteiger partial charge >= 0.3 is 0 Å². The smallest absolute Gasteiger partial charge is 0.165 e. The highest BCUT2D eigenvalue weighted by Gasteiger charge is 2.05. The fourth-order valence-electron chi connectivity index (χ4n) is 2.27. The lowest BCUT2D eigenvalue weighted by atomic mass is 10.1. The molecule has 5 heteroatoms. The number of benzene rings is 1. The van der Waals surface area contributed by atoms with Crippen molar-refractivity contribution in [2.75, 3.05) is 6.61 Å². The number of nitrogens with zero attached hydrogens (tertiary/aromatic N) is 1. The van der Waals surface area contributed by atoms with E-state index in [9.17, 15) is 4.39 Å². The van der Waals surface area contributed by atoms with E-state index in [1.165, 1.54) is 11.6 Å². The van der Waals surface area contributed by atoms with Crippen LogP contribution in [0.2, 0.25) is 0 Å². The number of aromatic nitrogens is 2. The van der Waals surface area contributed by atoms with Gasteiger partial charge in [0.25, 0.3) is 0 Å². The molecule has 0 unspecified atom stereocenters. The molecule has 0 saturated carbocycles. The van der Waals surface area contributed by atoms with Crippen LogP contribution in [0.25, 0.3) is 0 Å². The number of hydrogen-bond acceptors (Lipinski definition) is 2. The van der Waals surface area contributed by atoms with E-state index >= 15 is 0 Å². The molecule has 0 fully saturated rings. The first-order chi connectivity index (χ1) is 9.68. The molecule has 2 rings (SSSR count). The van der Waals surface area contributed by atoms with Gasteiger partial charge in [-0.3, -0.25) is 5.10 Å². The van der Waals surface area contributed by atoms with Crippen LogP contribution in [0.4, 0.5) is 4.39 Å². The molecular formula is C16H22ClFN2O. The van der Waals surface area contributed by atoms with E-state index in [4.69, 9.17) is 4.74 Å². The lowest BCUT2D eigenvalue weighted by Crippen LogP contribution is -1.99. The van der Waals surface area contributed by atoms with E-state index in [0.29, 0.717) is 12.4 Å². The number of halogens is 2. The lowest BCUT2D eigenvalue weighted by molar-refractivity contribution is 0.291. The number of nitrogens with one attached hydrogen (secondary N) is 1. The molecule has 1 heterocycles. The number of unbranched alkanes of at least 4 members (excludes halogenated alkanes) is 2. The maximum atomic E-state index is 13.3. The lowest BCUT2D eigenvalue weighted by Gasteiger charge is -2.07. The molecule has 0 aliphatic carbocycles. The van der Waals surface area contributed by atoms with Gasteiger partial charge in [0.2, 0.25) is 0 Å². The molecule has 0 saturated heterocycles. The molecule has 0 radical (unpaired) electrons. The van der Waals surface area contributed by atoms with E-state index in [2.05, 4.69) is 17.1 Å². The van der Waals surface area contributed by atoms with Crippen LogP contribution in [-0.2, 0) is 6.42 Å². The Labute approximate surface area is 131 Å². The first kappa shape index (κ1) is 17.5. The third kappa shape index (κ3) is 5.05. The van der Waals surface area contributed by atoms with Crippen LogP contribution in [-0.4, -0.2) is 16.8 Å². The molecule has 1 aromatic heterocycles. The molecule has 1 N–H and O–H groups in total. The Balaban J connectivity index is 0.00000220. The molecule has 116 valence electrons. The molecule has 2 aromatic rings. The molecule has 0 spiro atoms. The first-order valence-electron chi connectivity index (χ1n) is 7.06. The summed E-state index contributed by atoms with van der Waals surface area (Å²) in [7, 11) is 0. The average Bonchev–Trinajstić information content (AvgIpc) is 2.76. The molecule has 0 aliphatic rings. The van der Waals surface area contributed by atoms with Crippen LogP contribution in [0.15, 0.2) is 24.3 Å². The second-order valence-electron chi connectivity index (χ2n) is 5.00. The van der Waals surface area contributed by atoms with Gasteiger partial charge in [0.05, 0.1) is 12.3 Å². The summed E-state index contributed by atoms with van der Waals surface area (Å²) in [5.74, 6) is 0.0474. The number of rotatable bonds is 7. The normalized spacial score (nSPS) is 10.2. The Morgan fingerprint density at radius 3 is 2.57 bits per heavy atom. The fourth-order valence-corrected chi connectivity index (χ4v) is 2.27. The van der Waals surface area contributed by atoms with Crippen molar-refractivity contribution < 1.29 is 9.13 Å². The number of aryl methyl sites for hydroxylation is 2. The predicted molar refractivity (Wildman–Crippen MR) is 84.8 cm³/mol. The summed E-state index contributed by atoms with van der Waals surface area (Å²) in [4.78, 5) is 0. The third-order valence-corrected chi connectivity index (χ3v) is 3.45. The average molecular weight is 313 g/mol. The van der Waals surface area contributed by atoms with Gasteiger partial charge in [-0.1, -0.05) is 12.1 Å². The number of hydrogen-bond donors (Lipinski definition) is 1. The molecule has 0 atom stereocenters. The van der Waals surface area contributed by atoms with Crippen molar-refractivity contribution in [3.05, 3.63) is 47.0 Å². The number of para-hydroxylation sites is 1. The highest BCUT2D eigenvalue weighted by Crippen LogP contribution is 2.16. The molecule has 0 amide bonds. The minimum Gasteiger partial charge on any atom is -0.491 e. The van der Waals surface area contributed by atoms with E-state index < -0.39 is 0 Å². The van der Waals surface area contributed by atoms with E-state index in [1.54, 1.807) is 18.2 Å². The monoisotopic (exact) mass is 312 g/mol. The summed E-state index contributed by atoms with van der Waals surface area (Å²) < 4.78 is 18.7. The van der Waals surface area contributed by atoms with Crippen molar-refractivity contribution in [2.24, 2.45) is 0 Å². The van der Waals surface area contributed by atoms with Gasteiger partial charge in [0.15, 0.2) is 11.6 Å². The molecule has 21 heavy (non-hydrogen) atoms. The summed E-state index contributed by atoms with van der Waals surface area (Å²) in [6.45, 7) is 4.64. The van der Waals surface area contributed by atoms with Crippen LogP contribution in [0.5, 0.6) is 5.75 Å². The molecule has 0 bridgehead atoms. The summed E-state index contributed by atoms with van der Waals surface area (Å²) in [6, 6.07) is 6.52. The van der Waals surface area contributed by atoms with Crippen LogP contribution in [0.3, 0.4) is 0 Å². The maximum Gasteiger partial charge on any atom is 0.165 e. The van der Waals surface area contributed by atoms with Crippen LogP contribution in [0.1, 0.15) is 36.2 Å². The zero-order valence-electron chi connectivity index (χ0n) is 12.5. The highest BCUT2D eigenvalue weighted by atomic mass is 35.5. The standard InChI is InChI=1S/C16H21FN2O.ClH/c1-12-14(13(2)19-18-12)8-4-3-7-11-20-16-10-6-5-9-15(16)17;/h5-6,9-10H,3-4,7-8,11H2,1-2H3,(H,18,19);1H. The second kappa shape index (κ2) is 8.67. The highest BCUT2D eigenvalue weighted by molar-refractivity contribution is 5.85. The first-order valence-corrected chi connectivity index (χ1v) is 7.06. The molecular weight excluding hydrogens is 291 g/mol. The Morgan fingerprint density at radius 2 is 1.90 bits per heavy atom. The van der Waals surface area contributed by atoms with Gasteiger partial charge < -0.3 is 4.74 Å². The molecule has 1 aromatic carbocycles. The van der Waals surface area contributed by atoms with Gasteiger partial charge in [-0.15, -0.1) is 12.4 Å². The fraction of sp³-hybridized carbons (Fsp3) is 0.438. The minimum atomic E-state index is -0.294. The van der Waals surface area contributed by atoms with Crippen molar-refractivity contribution in [1.82, 2.24) is 10.2 Å². The van der Waals surface area contributed by atoms with Crippen molar-refractivity contribution in [3.8, 4) is 5.75 Å². The Kier molecular flexibility index (Phi) is 7.23. The zero-order chi connectivity index (χ0) is 14.4. The SMILES string of the molecule is Cc1n[nH]c(C)c1CCCCCOc1ccccc1F.Cl. The Bertz CT molecular complexity index is 537. The number of aromatic amines is 1. The van der Waals surface area contributed by atoms with Gasteiger partial charge in [-0.2, -0.15) is 5.10 Å². The van der Waals surface area contributed by atoms with Crippen molar-refractivity contribution in [1.29, 1.82) is 0 Å². The summed E-state index contributed by atoms with van der Waals surface area (Å²) in [5, 5.41) is 7.19. The van der Waals surface area contributed by atoms with E-state index in [-0.39, 0.29) is 18.2 Å². The van der Waals surface area contributed by atoms with Crippen LogP contribution >= 0.6 is 12.4 Å². The van der Waals surface area contributed by atoms with Crippen LogP contribution in [0, 0.1) is 19.7 Å². The minimum absolute atomic E-state index is 0. The van der Waals surface area contributed by atoms with E-state index in [0.717, 1.165) is 37.1 Å². The van der Waals surface area contributed by atoms with Crippen molar-refractivity contribution >= 4 is 12.4 Å². The van der Waals surface area contributed by atoms with Gasteiger partial charge in [-0.25, -0.2) is 4.39 Å². The quantitative estimate of drug-likeness (QED) is 0.770. The van der Waals surface area contributed by atoms with Crippen molar-refractivity contribution in [3.63, 3.8) is 0 Å². The van der Waals surface area contributed by atoms with Crippen LogP contribution < -0.4 is 4.74 Å². The number of ether oxygens (including phenoxy) is 1. The summed E-state index contributed by atoms with van der Waals surface area (Å²) in [6.07, 6.45) is 4.14. The van der Waals surface area contributed by atoms with E-state index in [1.807, 2.05) is 6.92 Å². The third-order valence-electron chi connectivity index (χ3n) is 3.45. The largest absolute Gasteiger partial charge is 0.491 e. The zero-order valence-corrected chi connectivity index (χ0v) is 13.3. The van der Waals surface area contributed by atoms with Gasteiger partial charge in [0.1, 0.15) is 0 Å². The molecule has 0 aliphatic heterocycles. The van der Waals surface area contributed by atoms with Gasteiger partial charge in [0, 0.05) is 5.69 Å². The van der Waals surface area contributed by atoms with Crippen molar-refractivity contribution in [2.45, 2.75) is 39.5 Å².